The Morgan fingerprint density at radius 1 is 1.10 bits per heavy atom. The molecule has 1 aromatic carbocycles. The smallest absolute Gasteiger partial charge is 0.238 e. The second kappa shape index (κ2) is 6.18. The summed E-state index contributed by atoms with van der Waals surface area (Å²) < 4.78 is 0. The highest BCUT2D eigenvalue weighted by molar-refractivity contribution is 5.81. The molecule has 0 aromatic heterocycles. The van der Waals surface area contributed by atoms with Crippen LogP contribution in [0, 0.1) is 0 Å². The molecule has 2 fully saturated rings. The van der Waals surface area contributed by atoms with Crippen LogP contribution >= 0.6 is 0 Å². The van der Waals surface area contributed by atoms with Crippen molar-refractivity contribution in [2.75, 3.05) is 6.54 Å². The molecule has 0 bridgehead atoms. The van der Waals surface area contributed by atoms with Crippen LogP contribution in [0.2, 0.25) is 0 Å². The van der Waals surface area contributed by atoms with E-state index in [2.05, 4.69) is 48.3 Å². The van der Waals surface area contributed by atoms with Crippen LogP contribution in [0.5, 0.6) is 0 Å². The summed E-state index contributed by atoms with van der Waals surface area (Å²) in [6, 6.07) is 9.19. The molecule has 1 aliphatic heterocycles. The molecule has 21 heavy (non-hydrogen) atoms. The van der Waals surface area contributed by atoms with E-state index in [0.717, 1.165) is 12.8 Å². The lowest BCUT2D eigenvalue weighted by Gasteiger charge is -2.35. The van der Waals surface area contributed by atoms with Gasteiger partial charge in [0.05, 0.1) is 6.54 Å². The summed E-state index contributed by atoms with van der Waals surface area (Å²) >= 11 is 0. The fraction of sp³-hybridized carbons (Fsp3) is 0.611. The average Bonchev–Trinajstić information content (AvgIpc) is 2.90. The summed E-state index contributed by atoms with van der Waals surface area (Å²) in [6.07, 6.45) is 6.23. The Morgan fingerprint density at radius 2 is 1.76 bits per heavy atom. The minimum atomic E-state index is 0.0711. The second-order valence-corrected chi connectivity index (χ2v) is 6.70. The van der Waals surface area contributed by atoms with E-state index in [1.165, 1.54) is 30.4 Å². The van der Waals surface area contributed by atoms with Gasteiger partial charge in [-0.25, -0.2) is 0 Å². The molecular weight excluding hydrogens is 260 g/mol. The number of carbonyl (C=O) groups is 1. The lowest BCUT2D eigenvalue weighted by atomic mass is 9.93. The molecule has 1 unspecified atom stereocenters. The maximum absolute atomic E-state index is 12.3. The summed E-state index contributed by atoms with van der Waals surface area (Å²) in [6.45, 7) is 4.90. The number of carbonyl (C=O) groups excluding carboxylic acids is 1. The molecule has 1 saturated carbocycles. The maximum Gasteiger partial charge on any atom is 0.238 e. The van der Waals surface area contributed by atoms with Crippen molar-refractivity contribution in [1.29, 1.82) is 0 Å². The number of amides is 1. The molecular formula is C18H26N2O. The Balaban J connectivity index is 1.80. The number of rotatable bonds is 3. The summed E-state index contributed by atoms with van der Waals surface area (Å²) in [5, 5.41) is 3.40. The van der Waals surface area contributed by atoms with E-state index in [0.29, 0.717) is 18.5 Å². The molecule has 1 heterocycles. The van der Waals surface area contributed by atoms with Gasteiger partial charge in [0.1, 0.15) is 6.17 Å². The highest BCUT2D eigenvalue weighted by Gasteiger charge is 2.36. The summed E-state index contributed by atoms with van der Waals surface area (Å²) in [5.41, 5.74) is 2.57. The van der Waals surface area contributed by atoms with Crippen LogP contribution in [-0.2, 0) is 4.79 Å². The fourth-order valence-corrected chi connectivity index (χ4v) is 3.63. The summed E-state index contributed by atoms with van der Waals surface area (Å²) in [5.74, 6) is 0.812. The van der Waals surface area contributed by atoms with E-state index in [-0.39, 0.29) is 12.1 Å². The Morgan fingerprint density at radius 3 is 2.38 bits per heavy atom. The second-order valence-electron chi connectivity index (χ2n) is 6.70. The Bertz CT molecular complexity index is 488. The van der Waals surface area contributed by atoms with Gasteiger partial charge in [-0.05, 0) is 29.9 Å². The van der Waals surface area contributed by atoms with Gasteiger partial charge in [0.15, 0.2) is 0 Å². The van der Waals surface area contributed by atoms with Gasteiger partial charge in [-0.1, -0.05) is 57.4 Å². The minimum Gasteiger partial charge on any atom is -0.319 e. The third-order valence-electron chi connectivity index (χ3n) is 4.90. The van der Waals surface area contributed by atoms with Crippen LogP contribution in [0.3, 0.4) is 0 Å². The SMILES string of the molecule is CC(C)c1ccc(C2NCC(=O)N2C2CCCCC2)cc1. The first-order chi connectivity index (χ1) is 10.2. The fourth-order valence-electron chi connectivity index (χ4n) is 3.63. The van der Waals surface area contributed by atoms with Crippen LogP contribution in [0.4, 0.5) is 0 Å². The molecule has 2 aliphatic rings. The Hall–Kier alpha value is -1.35. The monoisotopic (exact) mass is 286 g/mol. The molecule has 3 nitrogen and oxygen atoms in total. The first-order valence-corrected chi connectivity index (χ1v) is 8.31. The zero-order valence-electron chi connectivity index (χ0n) is 13.1. The normalized spacial score (nSPS) is 24.0. The zero-order valence-corrected chi connectivity index (χ0v) is 13.1. The van der Waals surface area contributed by atoms with Gasteiger partial charge in [0.25, 0.3) is 0 Å². The predicted octanol–water partition coefficient (Wildman–Crippen LogP) is 3.57. The average molecular weight is 286 g/mol. The molecule has 1 saturated heterocycles. The minimum absolute atomic E-state index is 0.0711. The first-order valence-electron chi connectivity index (χ1n) is 8.31. The lowest BCUT2D eigenvalue weighted by Crippen LogP contribution is -2.40. The van der Waals surface area contributed by atoms with Crippen molar-refractivity contribution in [2.45, 2.75) is 64.1 Å². The molecule has 1 atom stereocenters. The Labute approximate surface area is 127 Å². The number of benzene rings is 1. The molecule has 1 amide bonds. The molecule has 3 heteroatoms. The highest BCUT2D eigenvalue weighted by atomic mass is 16.2. The zero-order chi connectivity index (χ0) is 14.8. The highest BCUT2D eigenvalue weighted by Crippen LogP contribution is 2.32. The van der Waals surface area contributed by atoms with Crippen LogP contribution in [0.15, 0.2) is 24.3 Å². The van der Waals surface area contributed by atoms with Gasteiger partial charge < -0.3 is 4.90 Å². The topological polar surface area (TPSA) is 32.3 Å². The predicted molar refractivity (Wildman–Crippen MR) is 85.0 cm³/mol. The van der Waals surface area contributed by atoms with E-state index < -0.39 is 0 Å². The molecule has 0 radical (unpaired) electrons. The third kappa shape index (κ3) is 2.98. The summed E-state index contributed by atoms with van der Waals surface area (Å²) in [4.78, 5) is 14.4. The van der Waals surface area contributed by atoms with Gasteiger partial charge >= 0.3 is 0 Å². The van der Waals surface area contributed by atoms with Gasteiger partial charge in [-0.2, -0.15) is 0 Å². The standard InChI is InChI=1S/C18H26N2O/c1-13(2)14-8-10-15(11-9-14)18-19-12-17(21)20(18)16-6-4-3-5-7-16/h8-11,13,16,18-19H,3-7,12H2,1-2H3. The quantitative estimate of drug-likeness (QED) is 0.921. The number of nitrogens with one attached hydrogen (secondary N) is 1. The lowest BCUT2D eigenvalue weighted by molar-refractivity contribution is -0.131. The van der Waals surface area contributed by atoms with Gasteiger partial charge in [0, 0.05) is 6.04 Å². The first kappa shape index (κ1) is 14.6. The van der Waals surface area contributed by atoms with Crippen molar-refractivity contribution in [2.24, 2.45) is 0 Å². The van der Waals surface area contributed by atoms with Crippen LogP contribution < -0.4 is 5.32 Å². The van der Waals surface area contributed by atoms with Crippen molar-refractivity contribution >= 4 is 5.91 Å². The van der Waals surface area contributed by atoms with Crippen LogP contribution in [0.1, 0.15) is 69.2 Å². The van der Waals surface area contributed by atoms with Crippen molar-refractivity contribution in [1.82, 2.24) is 10.2 Å². The molecule has 114 valence electrons. The van der Waals surface area contributed by atoms with E-state index in [1.807, 2.05) is 0 Å². The van der Waals surface area contributed by atoms with Crippen molar-refractivity contribution in [3.05, 3.63) is 35.4 Å². The van der Waals surface area contributed by atoms with Crippen LogP contribution in [-0.4, -0.2) is 23.4 Å². The van der Waals surface area contributed by atoms with Crippen molar-refractivity contribution in [3.8, 4) is 0 Å². The number of hydrogen-bond donors (Lipinski definition) is 1. The molecule has 3 rings (SSSR count). The summed E-state index contributed by atoms with van der Waals surface area (Å²) in [7, 11) is 0. The van der Waals surface area contributed by atoms with Gasteiger partial charge in [-0.3, -0.25) is 10.1 Å². The number of nitrogens with zero attached hydrogens (tertiary/aromatic N) is 1. The maximum atomic E-state index is 12.3. The van der Waals surface area contributed by atoms with Crippen molar-refractivity contribution < 1.29 is 4.79 Å². The number of hydrogen-bond acceptors (Lipinski definition) is 2. The van der Waals surface area contributed by atoms with Gasteiger partial charge in [0.2, 0.25) is 5.91 Å². The van der Waals surface area contributed by atoms with E-state index >= 15 is 0 Å². The van der Waals surface area contributed by atoms with E-state index in [4.69, 9.17) is 0 Å². The third-order valence-corrected chi connectivity index (χ3v) is 4.90. The Kier molecular flexibility index (Phi) is 4.29. The van der Waals surface area contributed by atoms with E-state index in [1.54, 1.807) is 0 Å². The van der Waals surface area contributed by atoms with Crippen LogP contribution in [0.25, 0.3) is 0 Å². The molecule has 1 aromatic rings. The molecule has 1 aliphatic carbocycles. The molecule has 1 N–H and O–H groups in total. The molecule has 0 spiro atoms. The van der Waals surface area contributed by atoms with Gasteiger partial charge in [-0.15, -0.1) is 0 Å². The largest absolute Gasteiger partial charge is 0.319 e. The van der Waals surface area contributed by atoms with Crippen molar-refractivity contribution in [3.63, 3.8) is 0 Å². The van der Waals surface area contributed by atoms with E-state index in [9.17, 15) is 4.79 Å².